The van der Waals surface area contributed by atoms with Gasteiger partial charge in [0.1, 0.15) is 11.4 Å². The van der Waals surface area contributed by atoms with Crippen molar-refractivity contribution in [2.24, 2.45) is 0 Å². The standard InChI is InChI=1S/C22H18Cl2N6O2/c1-2-30-20(8-9-25-30)22(32)27-15-5-3-4-14(11-15)26-21(31)19-12-18(28-29-19)16-7-6-13(23)10-17(16)24/h3-12H,2H2,1H3,(H,26,31)(H,27,32)(H,28,29). The first-order chi connectivity index (χ1) is 15.4. The maximum absolute atomic E-state index is 12.7. The quantitative estimate of drug-likeness (QED) is 0.365. The molecule has 2 amide bonds. The smallest absolute Gasteiger partial charge is 0.273 e. The van der Waals surface area contributed by atoms with E-state index in [0.717, 1.165) is 0 Å². The number of benzene rings is 2. The van der Waals surface area contributed by atoms with Crippen LogP contribution in [-0.4, -0.2) is 31.8 Å². The van der Waals surface area contributed by atoms with Gasteiger partial charge in [-0.1, -0.05) is 29.3 Å². The molecule has 8 nitrogen and oxygen atoms in total. The summed E-state index contributed by atoms with van der Waals surface area (Å²) >= 11 is 12.2. The molecule has 162 valence electrons. The van der Waals surface area contributed by atoms with E-state index in [4.69, 9.17) is 23.2 Å². The number of nitrogens with one attached hydrogen (secondary N) is 3. The zero-order valence-corrected chi connectivity index (χ0v) is 18.4. The molecule has 0 atom stereocenters. The summed E-state index contributed by atoms with van der Waals surface area (Å²) in [6.45, 7) is 2.49. The summed E-state index contributed by atoms with van der Waals surface area (Å²) in [5.41, 5.74) is 2.93. The number of aryl methyl sites for hydroxylation is 1. The van der Waals surface area contributed by atoms with Gasteiger partial charge in [-0.3, -0.25) is 19.4 Å². The second kappa shape index (κ2) is 9.25. The molecule has 0 unspecified atom stereocenters. The van der Waals surface area contributed by atoms with Crippen molar-refractivity contribution in [3.63, 3.8) is 0 Å². The molecule has 3 N–H and O–H groups in total. The molecule has 0 radical (unpaired) electrons. The highest BCUT2D eigenvalue weighted by Crippen LogP contribution is 2.29. The Morgan fingerprint density at radius 1 is 1.00 bits per heavy atom. The predicted molar refractivity (Wildman–Crippen MR) is 124 cm³/mol. The highest BCUT2D eigenvalue weighted by molar-refractivity contribution is 6.36. The summed E-state index contributed by atoms with van der Waals surface area (Å²) in [6, 6.07) is 15.1. The number of H-pyrrole nitrogens is 1. The van der Waals surface area contributed by atoms with Crippen LogP contribution in [0.1, 0.15) is 27.9 Å². The van der Waals surface area contributed by atoms with Crippen molar-refractivity contribution in [3.05, 3.63) is 82.2 Å². The van der Waals surface area contributed by atoms with Crippen LogP contribution < -0.4 is 10.6 Å². The molecule has 0 fully saturated rings. The molecule has 4 rings (SSSR count). The maximum Gasteiger partial charge on any atom is 0.273 e. The van der Waals surface area contributed by atoms with Crippen LogP contribution >= 0.6 is 23.2 Å². The fraction of sp³-hybridized carbons (Fsp3) is 0.0909. The first-order valence-electron chi connectivity index (χ1n) is 9.70. The van der Waals surface area contributed by atoms with Gasteiger partial charge in [0, 0.05) is 34.7 Å². The summed E-state index contributed by atoms with van der Waals surface area (Å²) in [5, 5.41) is 17.5. The van der Waals surface area contributed by atoms with Gasteiger partial charge in [0.15, 0.2) is 0 Å². The van der Waals surface area contributed by atoms with Gasteiger partial charge < -0.3 is 10.6 Å². The van der Waals surface area contributed by atoms with Crippen LogP contribution in [0.25, 0.3) is 11.3 Å². The van der Waals surface area contributed by atoms with E-state index in [9.17, 15) is 9.59 Å². The van der Waals surface area contributed by atoms with E-state index < -0.39 is 0 Å². The third-order valence-electron chi connectivity index (χ3n) is 4.66. The Kier molecular flexibility index (Phi) is 6.25. The van der Waals surface area contributed by atoms with Crippen LogP contribution in [0.3, 0.4) is 0 Å². The minimum Gasteiger partial charge on any atom is -0.321 e. The monoisotopic (exact) mass is 468 g/mol. The summed E-state index contributed by atoms with van der Waals surface area (Å²) < 4.78 is 1.60. The molecule has 0 aliphatic rings. The zero-order valence-electron chi connectivity index (χ0n) is 16.9. The van der Waals surface area contributed by atoms with Gasteiger partial charge in [-0.15, -0.1) is 0 Å². The molecule has 2 heterocycles. The van der Waals surface area contributed by atoms with Gasteiger partial charge in [-0.25, -0.2) is 0 Å². The summed E-state index contributed by atoms with van der Waals surface area (Å²) in [6.07, 6.45) is 1.57. The van der Waals surface area contributed by atoms with E-state index in [1.54, 1.807) is 65.5 Å². The van der Waals surface area contributed by atoms with Crippen LogP contribution in [0.15, 0.2) is 60.8 Å². The fourth-order valence-corrected chi connectivity index (χ4v) is 3.62. The lowest BCUT2D eigenvalue weighted by Crippen LogP contribution is -2.17. The number of anilines is 2. The van der Waals surface area contributed by atoms with Crippen molar-refractivity contribution >= 4 is 46.4 Å². The number of hydrogen-bond acceptors (Lipinski definition) is 4. The van der Waals surface area contributed by atoms with E-state index in [2.05, 4.69) is 25.9 Å². The second-order valence-corrected chi connectivity index (χ2v) is 7.66. The average Bonchev–Trinajstić information content (AvgIpc) is 3.44. The van der Waals surface area contributed by atoms with Crippen LogP contribution in [0.5, 0.6) is 0 Å². The Hall–Kier alpha value is -3.62. The Balaban J connectivity index is 1.46. The van der Waals surface area contributed by atoms with Crippen LogP contribution in [0.2, 0.25) is 10.0 Å². The van der Waals surface area contributed by atoms with Crippen molar-refractivity contribution in [2.75, 3.05) is 10.6 Å². The number of nitrogens with zero attached hydrogens (tertiary/aromatic N) is 3. The molecule has 2 aromatic carbocycles. The molecular formula is C22H18Cl2N6O2. The maximum atomic E-state index is 12.7. The van der Waals surface area contributed by atoms with Crippen molar-refractivity contribution in [1.29, 1.82) is 0 Å². The van der Waals surface area contributed by atoms with Crippen molar-refractivity contribution in [1.82, 2.24) is 20.0 Å². The molecule has 0 bridgehead atoms. The minimum atomic E-state index is -0.388. The van der Waals surface area contributed by atoms with Crippen molar-refractivity contribution in [3.8, 4) is 11.3 Å². The normalized spacial score (nSPS) is 10.7. The highest BCUT2D eigenvalue weighted by Gasteiger charge is 2.15. The van der Waals surface area contributed by atoms with E-state index in [-0.39, 0.29) is 17.5 Å². The van der Waals surface area contributed by atoms with E-state index in [0.29, 0.717) is 44.9 Å². The Bertz CT molecular complexity index is 1300. The zero-order chi connectivity index (χ0) is 22.7. The van der Waals surface area contributed by atoms with Crippen LogP contribution in [0, 0.1) is 0 Å². The lowest BCUT2D eigenvalue weighted by molar-refractivity contribution is 0.101. The predicted octanol–water partition coefficient (Wildman–Crippen LogP) is 5.10. The minimum absolute atomic E-state index is 0.257. The Morgan fingerprint density at radius 2 is 1.75 bits per heavy atom. The molecule has 0 aliphatic heterocycles. The molecule has 4 aromatic rings. The molecule has 0 aliphatic carbocycles. The van der Waals surface area contributed by atoms with E-state index >= 15 is 0 Å². The number of aromatic nitrogens is 4. The summed E-state index contributed by atoms with van der Waals surface area (Å²) in [5.74, 6) is -0.674. The van der Waals surface area contributed by atoms with Gasteiger partial charge in [0.05, 0.1) is 10.7 Å². The number of amides is 2. The second-order valence-electron chi connectivity index (χ2n) is 6.81. The number of carbonyl (C=O) groups is 2. The first-order valence-corrected chi connectivity index (χ1v) is 10.5. The largest absolute Gasteiger partial charge is 0.321 e. The number of halogens is 2. The van der Waals surface area contributed by atoms with Crippen LogP contribution in [0.4, 0.5) is 11.4 Å². The molecule has 0 saturated heterocycles. The van der Waals surface area contributed by atoms with E-state index in [1.165, 1.54) is 0 Å². The fourth-order valence-electron chi connectivity index (χ4n) is 3.12. The van der Waals surface area contributed by atoms with Gasteiger partial charge in [-0.05, 0) is 55.5 Å². The molecule has 2 aromatic heterocycles. The van der Waals surface area contributed by atoms with Crippen LogP contribution in [-0.2, 0) is 6.54 Å². The third-order valence-corrected chi connectivity index (χ3v) is 5.20. The molecule has 0 spiro atoms. The van der Waals surface area contributed by atoms with Gasteiger partial charge in [-0.2, -0.15) is 10.2 Å². The third kappa shape index (κ3) is 4.66. The van der Waals surface area contributed by atoms with Crippen molar-refractivity contribution in [2.45, 2.75) is 13.5 Å². The van der Waals surface area contributed by atoms with Crippen molar-refractivity contribution < 1.29 is 9.59 Å². The Labute approximate surface area is 193 Å². The van der Waals surface area contributed by atoms with Gasteiger partial charge >= 0.3 is 0 Å². The first kappa shape index (κ1) is 21.6. The molecule has 0 saturated carbocycles. The number of aromatic amines is 1. The number of hydrogen-bond donors (Lipinski definition) is 3. The van der Waals surface area contributed by atoms with Gasteiger partial charge in [0.25, 0.3) is 11.8 Å². The lowest BCUT2D eigenvalue weighted by Gasteiger charge is -2.09. The van der Waals surface area contributed by atoms with Gasteiger partial charge in [0.2, 0.25) is 0 Å². The van der Waals surface area contributed by atoms with E-state index in [1.807, 2.05) is 6.92 Å². The summed E-state index contributed by atoms with van der Waals surface area (Å²) in [7, 11) is 0. The summed E-state index contributed by atoms with van der Waals surface area (Å²) in [4.78, 5) is 25.2. The SMILES string of the molecule is CCn1nccc1C(=O)Nc1cccc(NC(=O)c2cc(-c3ccc(Cl)cc3Cl)n[nH]2)c1. The number of rotatable bonds is 6. The molecule has 10 heteroatoms. The molecule has 32 heavy (non-hydrogen) atoms. The highest BCUT2D eigenvalue weighted by atomic mass is 35.5. The topological polar surface area (TPSA) is 105 Å². The molecular weight excluding hydrogens is 451 g/mol. The number of carbonyl (C=O) groups excluding carboxylic acids is 2. The lowest BCUT2D eigenvalue weighted by atomic mass is 10.1. The Morgan fingerprint density at radius 3 is 2.47 bits per heavy atom. The average molecular weight is 469 g/mol.